The largest absolute Gasteiger partial charge is 0.472 e. The van der Waals surface area contributed by atoms with Crippen LogP contribution in [0.25, 0.3) is 0 Å². The molecule has 0 radical (unpaired) electrons. The molecule has 0 saturated heterocycles. The summed E-state index contributed by atoms with van der Waals surface area (Å²) in [7, 11) is 2.20. The summed E-state index contributed by atoms with van der Waals surface area (Å²) in [5.74, 6) is 0.846. The van der Waals surface area contributed by atoms with Crippen molar-refractivity contribution < 1.29 is 4.42 Å². The standard InChI is InChI=1S/C14H24N2O/c1-11-4-3-5-13(8-11)16(2)14(9-15)12-6-7-17-10-12/h6-7,10-11,13-14H,3-5,8-9,15H2,1-2H3. The van der Waals surface area contributed by atoms with Gasteiger partial charge in [0.15, 0.2) is 0 Å². The molecule has 0 amide bonds. The Morgan fingerprint density at radius 3 is 2.94 bits per heavy atom. The van der Waals surface area contributed by atoms with Crippen LogP contribution < -0.4 is 5.73 Å². The number of rotatable bonds is 4. The molecule has 1 aromatic heterocycles. The van der Waals surface area contributed by atoms with Crippen molar-refractivity contribution in [2.45, 2.75) is 44.7 Å². The summed E-state index contributed by atoms with van der Waals surface area (Å²) < 4.78 is 5.17. The minimum atomic E-state index is 0.295. The van der Waals surface area contributed by atoms with Gasteiger partial charge in [-0.25, -0.2) is 0 Å². The first-order valence-corrected chi connectivity index (χ1v) is 6.66. The van der Waals surface area contributed by atoms with E-state index in [1.54, 1.807) is 6.26 Å². The lowest BCUT2D eigenvalue weighted by atomic mass is 9.85. The third-order valence-electron chi connectivity index (χ3n) is 4.13. The molecule has 96 valence electrons. The summed E-state index contributed by atoms with van der Waals surface area (Å²) in [5, 5.41) is 0. The minimum Gasteiger partial charge on any atom is -0.472 e. The van der Waals surface area contributed by atoms with Crippen LogP contribution in [0.15, 0.2) is 23.0 Å². The molecule has 3 atom stereocenters. The number of hydrogen-bond donors (Lipinski definition) is 1. The average Bonchev–Trinajstić information content (AvgIpc) is 2.83. The van der Waals surface area contributed by atoms with E-state index in [1.165, 1.54) is 31.2 Å². The van der Waals surface area contributed by atoms with Gasteiger partial charge in [0, 0.05) is 18.2 Å². The Hall–Kier alpha value is -0.800. The van der Waals surface area contributed by atoms with Crippen molar-refractivity contribution in [2.75, 3.05) is 13.6 Å². The van der Waals surface area contributed by atoms with Crippen LogP contribution in [0.5, 0.6) is 0 Å². The van der Waals surface area contributed by atoms with Crippen LogP contribution in [-0.4, -0.2) is 24.5 Å². The van der Waals surface area contributed by atoms with E-state index in [0.717, 1.165) is 5.92 Å². The van der Waals surface area contributed by atoms with Crippen LogP contribution in [0.1, 0.15) is 44.2 Å². The van der Waals surface area contributed by atoms with E-state index >= 15 is 0 Å². The van der Waals surface area contributed by atoms with Gasteiger partial charge in [-0.3, -0.25) is 4.90 Å². The topological polar surface area (TPSA) is 42.4 Å². The molecule has 1 aromatic rings. The van der Waals surface area contributed by atoms with Gasteiger partial charge in [-0.15, -0.1) is 0 Å². The van der Waals surface area contributed by atoms with Crippen molar-refractivity contribution >= 4 is 0 Å². The van der Waals surface area contributed by atoms with E-state index in [2.05, 4.69) is 18.9 Å². The number of likely N-dealkylation sites (N-methyl/N-ethyl adjacent to an activating group) is 1. The fourth-order valence-corrected chi connectivity index (χ4v) is 3.03. The predicted molar refractivity (Wildman–Crippen MR) is 69.7 cm³/mol. The lowest BCUT2D eigenvalue weighted by Gasteiger charge is -2.38. The van der Waals surface area contributed by atoms with E-state index in [4.69, 9.17) is 10.2 Å². The lowest BCUT2D eigenvalue weighted by molar-refractivity contribution is 0.121. The summed E-state index contributed by atoms with van der Waals surface area (Å²) >= 11 is 0. The first-order chi connectivity index (χ1) is 8.22. The maximum absolute atomic E-state index is 5.92. The monoisotopic (exact) mass is 236 g/mol. The highest BCUT2D eigenvalue weighted by molar-refractivity contribution is 5.12. The molecule has 1 aliphatic rings. The van der Waals surface area contributed by atoms with Crippen LogP contribution in [-0.2, 0) is 0 Å². The van der Waals surface area contributed by atoms with Gasteiger partial charge in [0.2, 0.25) is 0 Å². The number of nitrogens with two attached hydrogens (primary N) is 1. The van der Waals surface area contributed by atoms with Crippen LogP contribution in [0.2, 0.25) is 0 Å². The maximum Gasteiger partial charge on any atom is 0.0950 e. The molecule has 1 heterocycles. The van der Waals surface area contributed by atoms with Crippen molar-refractivity contribution in [3.05, 3.63) is 24.2 Å². The molecule has 2 N–H and O–H groups in total. The highest BCUT2D eigenvalue weighted by atomic mass is 16.3. The molecule has 1 fully saturated rings. The van der Waals surface area contributed by atoms with Crippen LogP contribution >= 0.6 is 0 Å². The Morgan fingerprint density at radius 2 is 2.35 bits per heavy atom. The second-order valence-electron chi connectivity index (χ2n) is 5.40. The van der Waals surface area contributed by atoms with Gasteiger partial charge in [0.05, 0.1) is 18.6 Å². The highest BCUT2D eigenvalue weighted by Crippen LogP contribution is 2.31. The molecule has 3 heteroatoms. The third-order valence-corrected chi connectivity index (χ3v) is 4.13. The van der Waals surface area contributed by atoms with E-state index in [9.17, 15) is 0 Å². The summed E-state index contributed by atoms with van der Waals surface area (Å²) in [6.07, 6.45) is 8.87. The quantitative estimate of drug-likeness (QED) is 0.874. The van der Waals surface area contributed by atoms with E-state index in [0.29, 0.717) is 18.6 Å². The van der Waals surface area contributed by atoms with E-state index in [1.807, 2.05) is 12.3 Å². The first kappa shape index (κ1) is 12.7. The molecule has 3 unspecified atom stereocenters. The molecule has 0 aromatic carbocycles. The Labute approximate surface area is 104 Å². The lowest BCUT2D eigenvalue weighted by Crippen LogP contribution is -2.40. The summed E-state index contributed by atoms with van der Waals surface area (Å²) in [4.78, 5) is 2.44. The van der Waals surface area contributed by atoms with Gasteiger partial charge in [0.1, 0.15) is 0 Å². The summed E-state index contributed by atoms with van der Waals surface area (Å²) in [6, 6.07) is 2.99. The highest BCUT2D eigenvalue weighted by Gasteiger charge is 2.27. The van der Waals surface area contributed by atoms with Gasteiger partial charge >= 0.3 is 0 Å². The van der Waals surface area contributed by atoms with Gasteiger partial charge < -0.3 is 10.2 Å². The van der Waals surface area contributed by atoms with Crippen LogP contribution in [0, 0.1) is 5.92 Å². The number of furan rings is 1. The molecule has 2 rings (SSSR count). The molecular formula is C14H24N2O. The maximum atomic E-state index is 5.92. The second kappa shape index (κ2) is 5.69. The average molecular weight is 236 g/mol. The Balaban J connectivity index is 2.04. The first-order valence-electron chi connectivity index (χ1n) is 6.66. The van der Waals surface area contributed by atoms with Gasteiger partial charge in [-0.2, -0.15) is 0 Å². The zero-order chi connectivity index (χ0) is 12.3. The third kappa shape index (κ3) is 2.90. The Morgan fingerprint density at radius 1 is 1.53 bits per heavy atom. The molecule has 1 saturated carbocycles. The van der Waals surface area contributed by atoms with Gasteiger partial charge in [-0.1, -0.05) is 19.8 Å². The van der Waals surface area contributed by atoms with Gasteiger partial charge in [-0.05, 0) is 31.9 Å². The normalized spacial score (nSPS) is 27.3. The second-order valence-corrected chi connectivity index (χ2v) is 5.40. The van der Waals surface area contributed by atoms with Crippen LogP contribution in [0.3, 0.4) is 0 Å². The molecule has 0 bridgehead atoms. The number of hydrogen-bond acceptors (Lipinski definition) is 3. The SMILES string of the molecule is CC1CCCC(N(C)C(CN)c2ccoc2)C1. The van der Waals surface area contributed by atoms with Crippen LogP contribution in [0.4, 0.5) is 0 Å². The van der Waals surface area contributed by atoms with Crippen molar-refractivity contribution in [1.82, 2.24) is 4.90 Å². The summed E-state index contributed by atoms with van der Waals surface area (Å²) in [6.45, 7) is 3.01. The van der Waals surface area contributed by atoms with Crippen molar-refractivity contribution in [3.63, 3.8) is 0 Å². The van der Waals surface area contributed by atoms with Gasteiger partial charge in [0.25, 0.3) is 0 Å². The Kier molecular flexibility index (Phi) is 4.24. The fourth-order valence-electron chi connectivity index (χ4n) is 3.03. The Bertz CT molecular complexity index is 323. The van der Waals surface area contributed by atoms with Crippen molar-refractivity contribution in [3.8, 4) is 0 Å². The zero-order valence-corrected chi connectivity index (χ0v) is 10.9. The van der Waals surface area contributed by atoms with Crippen molar-refractivity contribution in [1.29, 1.82) is 0 Å². The molecule has 0 aliphatic heterocycles. The van der Waals surface area contributed by atoms with E-state index in [-0.39, 0.29) is 0 Å². The predicted octanol–water partition coefficient (Wildman–Crippen LogP) is 2.79. The van der Waals surface area contributed by atoms with Crippen molar-refractivity contribution in [2.24, 2.45) is 11.7 Å². The molecule has 17 heavy (non-hydrogen) atoms. The minimum absolute atomic E-state index is 0.295. The molecule has 1 aliphatic carbocycles. The fraction of sp³-hybridized carbons (Fsp3) is 0.714. The molecular weight excluding hydrogens is 212 g/mol. The van der Waals surface area contributed by atoms with E-state index < -0.39 is 0 Å². The zero-order valence-electron chi connectivity index (χ0n) is 10.9. The summed E-state index contributed by atoms with van der Waals surface area (Å²) in [5.41, 5.74) is 7.12. The molecule has 3 nitrogen and oxygen atoms in total. The number of nitrogens with zero attached hydrogens (tertiary/aromatic N) is 1. The smallest absolute Gasteiger partial charge is 0.0950 e. The molecule has 0 spiro atoms.